The lowest BCUT2D eigenvalue weighted by molar-refractivity contribution is -0.0303. The molecular formula is C41H51N5O5S. The highest BCUT2D eigenvalue weighted by molar-refractivity contribution is 7.84. The summed E-state index contributed by atoms with van der Waals surface area (Å²) in [7, 11) is 0.180. The van der Waals surface area contributed by atoms with Crippen LogP contribution in [0.2, 0.25) is 0 Å². The van der Waals surface area contributed by atoms with E-state index in [9.17, 15) is 13.8 Å². The first kappa shape index (κ1) is 36.2. The van der Waals surface area contributed by atoms with Gasteiger partial charge >= 0.3 is 0 Å². The quantitative estimate of drug-likeness (QED) is 0.162. The third kappa shape index (κ3) is 6.62. The number of ether oxygens (including phenoxy) is 2. The van der Waals surface area contributed by atoms with Gasteiger partial charge < -0.3 is 18.9 Å². The number of carbonyl (C=O) groups excluding carboxylic acids is 2. The first-order chi connectivity index (χ1) is 25.1. The number of nitrogens with zero attached hydrogens (tertiary/aromatic N) is 4. The molecule has 7 rings (SSSR count). The number of likely N-dealkylation sites (tertiary alicyclic amines) is 1. The Labute approximate surface area is 309 Å². The van der Waals surface area contributed by atoms with Crippen molar-refractivity contribution in [3.8, 4) is 17.0 Å². The van der Waals surface area contributed by atoms with E-state index in [2.05, 4.69) is 54.3 Å². The van der Waals surface area contributed by atoms with Gasteiger partial charge in [-0.05, 0) is 105 Å². The molecule has 11 heteroatoms. The number of aryl methyl sites for hydroxylation is 1. The van der Waals surface area contributed by atoms with Crippen molar-refractivity contribution >= 4 is 45.4 Å². The van der Waals surface area contributed by atoms with E-state index >= 15 is 0 Å². The smallest absolute Gasteiger partial charge is 0.263 e. The fraction of sp³-hybridized carbons (Fsp3) is 0.488. The minimum absolute atomic E-state index is 0.0211. The molecule has 2 bridgehead atoms. The SMILES string of the molecule is CCCC(CCC)c1c2n(c3cc(C(=O)NS(=O)C(C)C)ccc13)CC(c1c(C(=O)N3CC4CCC(C3)O4)cnn1CC)=Cc1cc(OC)ccc1-2. The van der Waals surface area contributed by atoms with Crippen molar-refractivity contribution in [3.63, 3.8) is 0 Å². The molecule has 0 saturated carbocycles. The second kappa shape index (κ2) is 15.0. The van der Waals surface area contributed by atoms with Gasteiger partial charge in [0, 0.05) is 46.9 Å². The first-order valence-corrected chi connectivity index (χ1v) is 20.1. The van der Waals surface area contributed by atoms with E-state index in [1.165, 1.54) is 5.56 Å². The molecule has 3 unspecified atom stereocenters. The van der Waals surface area contributed by atoms with E-state index in [0.717, 1.165) is 83.3 Å². The van der Waals surface area contributed by atoms with Crippen LogP contribution in [0.4, 0.5) is 0 Å². The lowest BCUT2D eigenvalue weighted by atomic mass is 9.86. The van der Waals surface area contributed by atoms with Crippen molar-refractivity contribution in [2.45, 2.75) is 110 Å². The Morgan fingerprint density at radius 1 is 1.02 bits per heavy atom. The molecule has 2 aromatic carbocycles. The van der Waals surface area contributed by atoms with Crippen molar-refractivity contribution in [2.75, 3.05) is 20.2 Å². The topological polar surface area (TPSA) is 108 Å². The number of hydrogen-bond acceptors (Lipinski definition) is 6. The molecule has 0 spiro atoms. The minimum atomic E-state index is -1.50. The zero-order chi connectivity index (χ0) is 36.7. The Hall–Kier alpha value is -4.22. The summed E-state index contributed by atoms with van der Waals surface area (Å²) in [6, 6.07) is 12.1. The Bertz CT molecular complexity index is 2040. The van der Waals surface area contributed by atoms with Crippen molar-refractivity contribution in [1.82, 2.24) is 24.0 Å². The summed E-state index contributed by atoms with van der Waals surface area (Å²) in [5, 5.41) is 5.66. The van der Waals surface area contributed by atoms with Gasteiger partial charge in [0.2, 0.25) is 0 Å². The van der Waals surface area contributed by atoms with Gasteiger partial charge in [0.15, 0.2) is 0 Å². The van der Waals surface area contributed by atoms with Crippen LogP contribution in [0, 0.1) is 0 Å². The standard InChI is InChI=1S/C41H51N5O5S/c1-7-10-26(11-8-2)37-34-16-12-27(40(47)43-52(49)25(4)5)20-36(34)45-22-29(18-28-19-30(50-6)15-17-33(28)39(37)45)38-35(21-42-46(38)9-3)41(48)44-23-31-13-14-32(24-44)51-31/h12,15-21,25-26,31-32H,7-11,13-14,22-24H2,1-6H3,(H,43,47). The molecule has 1 N–H and O–H groups in total. The van der Waals surface area contributed by atoms with Crippen molar-refractivity contribution < 1.29 is 23.3 Å². The summed E-state index contributed by atoms with van der Waals surface area (Å²) >= 11 is 0. The molecule has 0 aliphatic carbocycles. The van der Waals surface area contributed by atoms with Crippen molar-refractivity contribution in [3.05, 3.63) is 70.5 Å². The molecule has 5 heterocycles. The average Bonchev–Trinajstić information content (AvgIpc) is 3.79. The van der Waals surface area contributed by atoms with Gasteiger partial charge in [-0.1, -0.05) is 32.8 Å². The third-order valence-electron chi connectivity index (χ3n) is 10.8. The first-order valence-electron chi connectivity index (χ1n) is 18.9. The van der Waals surface area contributed by atoms with Crippen LogP contribution in [-0.2, 0) is 28.8 Å². The van der Waals surface area contributed by atoms with Crippen LogP contribution in [-0.4, -0.2) is 72.9 Å². The van der Waals surface area contributed by atoms with E-state index in [1.54, 1.807) is 13.3 Å². The van der Waals surface area contributed by atoms with Crippen LogP contribution in [0.5, 0.6) is 5.75 Å². The zero-order valence-electron chi connectivity index (χ0n) is 31.2. The molecule has 276 valence electrons. The van der Waals surface area contributed by atoms with E-state index in [1.807, 2.05) is 41.6 Å². The van der Waals surface area contributed by atoms with Crippen LogP contribution < -0.4 is 9.46 Å². The molecule has 2 saturated heterocycles. The maximum atomic E-state index is 14.4. The molecule has 52 heavy (non-hydrogen) atoms. The van der Waals surface area contributed by atoms with E-state index in [4.69, 9.17) is 14.6 Å². The number of methoxy groups -OCH3 is 1. The van der Waals surface area contributed by atoms with Crippen LogP contribution in [0.25, 0.3) is 33.8 Å². The van der Waals surface area contributed by atoms with Gasteiger partial charge in [0.25, 0.3) is 11.8 Å². The fourth-order valence-electron chi connectivity index (χ4n) is 8.40. The second-order valence-electron chi connectivity index (χ2n) is 14.6. The van der Waals surface area contributed by atoms with Gasteiger partial charge in [-0.2, -0.15) is 5.10 Å². The predicted molar refractivity (Wildman–Crippen MR) is 207 cm³/mol. The summed E-state index contributed by atoms with van der Waals surface area (Å²) in [5.74, 6) is 0.664. The lowest BCUT2D eigenvalue weighted by Gasteiger charge is -2.32. The summed E-state index contributed by atoms with van der Waals surface area (Å²) < 4.78 is 31.5. The molecule has 2 aromatic heterocycles. The summed E-state index contributed by atoms with van der Waals surface area (Å²) in [4.78, 5) is 29.8. The van der Waals surface area contributed by atoms with Gasteiger partial charge in [-0.25, -0.2) is 4.21 Å². The number of allylic oxidation sites excluding steroid dienone is 1. The molecule has 0 radical (unpaired) electrons. The number of carbonyl (C=O) groups is 2. The largest absolute Gasteiger partial charge is 0.497 e. The normalized spacial score (nSPS) is 18.7. The number of aromatic nitrogens is 3. The molecule has 2 amide bonds. The van der Waals surface area contributed by atoms with Gasteiger partial charge in [0.05, 0.1) is 49.0 Å². The lowest BCUT2D eigenvalue weighted by Crippen LogP contribution is -2.46. The van der Waals surface area contributed by atoms with Gasteiger partial charge in [0.1, 0.15) is 16.7 Å². The number of nitrogens with one attached hydrogen (secondary N) is 1. The van der Waals surface area contributed by atoms with E-state index in [-0.39, 0.29) is 29.3 Å². The summed E-state index contributed by atoms with van der Waals surface area (Å²) in [5.41, 5.74) is 8.20. The number of benzene rings is 2. The van der Waals surface area contributed by atoms with E-state index < -0.39 is 11.0 Å². The summed E-state index contributed by atoms with van der Waals surface area (Å²) in [6.07, 6.45) is 10.2. The molecular weight excluding hydrogens is 675 g/mol. The van der Waals surface area contributed by atoms with Crippen molar-refractivity contribution in [2.24, 2.45) is 0 Å². The highest BCUT2D eigenvalue weighted by Gasteiger charge is 2.38. The number of fused-ring (bicyclic) bond motifs is 7. The molecule has 3 aliphatic rings. The number of amides is 2. The minimum Gasteiger partial charge on any atom is -0.497 e. The Morgan fingerprint density at radius 3 is 2.40 bits per heavy atom. The second-order valence-corrected chi connectivity index (χ2v) is 16.4. The molecule has 3 atom stereocenters. The predicted octanol–water partition coefficient (Wildman–Crippen LogP) is 7.58. The Morgan fingerprint density at radius 2 is 1.75 bits per heavy atom. The Balaban J connectivity index is 1.45. The highest BCUT2D eigenvalue weighted by Crippen LogP contribution is 2.47. The van der Waals surface area contributed by atoms with Gasteiger partial charge in [-0.3, -0.25) is 19.0 Å². The maximum Gasteiger partial charge on any atom is 0.263 e. The molecule has 10 nitrogen and oxygen atoms in total. The van der Waals surface area contributed by atoms with Crippen LogP contribution in [0.15, 0.2) is 42.6 Å². The monoisotopic (exact) mass is 725 g/mol. The number of rotatable bonds is 12. The fourth-order valence-corrected chi connectivity index (χ4v) is 8.94. The van der Waals surface area contributed by atoms with Crippen LogP contribution in [0.3, 0.4) is 0 Å². The molecule has 4 aromatic rings. The summed E-state index contributed by atoms with van der Waals surface area (Å²) in [6.45, 7) is 12.4. The van der Waals surface area contributed by atoms with E-state index in [0.29, 0.717) is 43.2 Å². The van der Waals surface area contributed by atoms with Crippen LogP contribution >= 0.6 is 0 Å². The molecule has 2 fully saturated rings. The third-order valence-corrected chi connectivity index (χ3v) is 12.1. The van der Waals surface area contributed by atoms with Crippen molar-refractivity contribution in [1.29, 1.82) is 0 Å². The maximum absolute atomic E-state index is 14.4. The number of hydrogen-bond donors (Lipinski definition) is 1. The number of morpholine rings is 1. The van der Waals surface area contributed by atoms with Gasteiger partial charge in [-0.15, -0.1) is 0 Å². The molecule has 3 aliphatic heterocycles. The zero-order valence-corrected chi connectivity index (χ0v) is 32.1. The Kier molecular flexibility index (Phi) is 10.4. The highest BCUT2D eigenvalue weighted by atomic mass is 32.2. The van der Waals surface area contributed by atoms with Crippen LogP contribution in [0.1, 0.15) is 117 Å². The average molecular weight is 726 g/mol.